The van der Waals surface area contributed by atoms with Crippen molar-refractivity contribution < 1.29 is 4.74 Å². The van der Waals surface area contributed by atoms with Gasteiger partial charge in [-0.05, 0) is 46.6 Å². The van der Waals surface area contributed by atoms with Gasteiger partial charge in [0.05, 0.1) is 4.47 Å². The Morgan fingerprint density at radius 3 is 2.56 bits per heavy atom. The van der Waals surface area contributed by atoms with Crippen molar-refractivity contribution in [2.45, 2.75) is 6.92 Å². The predicted octanol–water partition coefficient (Wildman–Crippen LogP) is 3.99. The number of aryl methyl sites for hydroxylation is 1. The lowest BCUT2D eigenvalue weighted by Gasteiger charge is -2.06. The molecule has 0 aliphatic rings. The molecule has 1 aromatic carbocycles. The van der Waals surface area contributed by atoms with E-state index in [0.717, 1.165) is 10.0 Å². The molecule has 0 radical (unpaired) electrons. The zero-order valence-corrected chi connectivity index (χ0v) is 10.8. The lowest BCUT2D eigenvalue weighted by atomic mass is 10.2. The molecule has 0 atom stereocenters. The van der Waals surface area contributed by atoms with Gasteiger partial charge >= 0.3 is 6.01 Å². The second-order valence-corrected chi connectivity index (χ2v) is 4.55. The summed E-state index contributed by atoms with van der Waals surface area (Å²) in [5.74, 6) is 0.701. The lowest BCUT2D eigenvalue weighted by Crippen LogP contribution is -1.92. The predicted molar refractivity (Wildman–Crippen MR) is 66.0 cm³/mol. The van der Waals surface area contributed by atoms with Gasteiger partial charge in [0, 0.05) is 17.4 Å². The average molecular weight is 300 g/mol. The fraction of sp³-hybridized carbons (Fsp3) is 0.0909. The number of ether oxygens (including phenoxy) is 1. The third-order valence-electron chi connectivity index (χ3n) is 1.93. The van der Waals surface area contributed by atoms with Crippen molar-refractivity contribution >= 4 is 27.5 Å². The van der Waals surface area contributed by atoms with Gasteiger partial charge in [-0.3, -0.25) is 0 Å². The summed E-state index contributed by atoms with van der Waals surface area (Å²) in [5, 5.41) is 0.682. The molecule has 0 saturated carbocycles. The molecule has 0 amide bonds. The molecule has 0 N–H and O–H groups in total. The zero-order valence-electron chi connectivity index (χ0n) is 8.45. The van der Waals surface area contributed by atoms with Crippen molar-refractivity contribution in [3.05, 3.63) is 45.7 Å². The highest BCUT2D eigenvalue weighted by Crippen LogP contribution is 2.25. The summed E-state index contributed by atoms with van der Waals surface area (Å²) in [6.45, 7) is 1.92. The first kappa shape index (κ1) is 11.4. The lowest BCUT2D eigenvalue weighted by molar-refractivity contribution is 0.438. The van der Waals surface area contributed by atoms with Gasteiger partial charge in [0.25, 0.3) is 0 Å². The Bertz CT molecular complexity index is 502. The largest absolute Gasteiger partial charge is 0.424 e. The Morgan fingerprint density at radius 2 is 1.94 bits per heavy atom. The molecule has 3 nitrogen and oxygen atoms in total. The quantitative estimate of drug-likeness (QED) is 0.841. The highest BCUT2D eigenvalue weighted by atomic mass is 79.9. The third kappa shape index (κ3) is 2.71. The highest BCUT2D eigenvalue weighted by Gasteiger charge is 2.03. The standard InChI is InChI=1S/C11H8BrClN2O/c1-7-4-9(13)2-3-10(7)16-11-14-5-8(12)6-15-11/h2-6H,1H3. The Hall–Kier alpha value is -1.13. The fourth-order valence-electron chi connectivity index (χ4n) is 1.18. The summed E-state index contributed by atoms with van der Waals surface area (Å²) in [6.07, 6.45) is 3.27. The maximum Gasteiger partial charge on any atom is 0.321 e. The Balaban J connectivity index is 2.23. The van der Waals surface area contributed by atoms with Crippen molar-refractivity contribution in [1.82, 2.24) is 9.97 Å². The van der Waals surface area contributed by atoms with Crippen LogP contribution >= 0.6 is 27.5 Å². The number of halogens is 2. The van der Waals surface area contributed by atoms with Crippen LogP contribution in [0.25, 0.3) is 0 Å². The van der Waals surface area contributed by atoms with E-state index >= 15 is 0 Å². The number of hydrogen-bond acceptors (Lipinski definition) is 3. The molecule has 2 aromatic rings. The van der Waals surface area contributed by atoms with E-state index in [1.54, 1.807) is 24.5 Å². The van der Waals surface area contributed by atoms with Gasteiger partial charge < -0.3 is 4.74 Å². The molecule has 0 aliphatic carbocycles. The first-order valence-corrected chi connectivity index (χ1v) is 5.74. The molecule has 5 heteroatoms. The van der Waals surface area contributed by atoms with E-state index in [4.69, 9.17) is 16.3 Å². The second kappa shape index (κ2) is 4.80. The fourth-order valence-corrected chi connectivity index (χ4v) is 1.61. The molecule has 0 aliphatic heterocycles. The molecule has 0 saturated heterocycles. The topological polar surface area (TPSA) is 35.0 Å². The number of hydrogen-bond donors (Lipinski definition) is 0. The maximum atomic E-state index is 5.85. The Morgan fingerprint density at radius 1 is 1.25 bits per heavy atom. The van der Waals surface area contributed by atoms with E-state index in [9.17, 15) is 0 Å². The Kier molecular flexibility index (Phi) is 3.41. The zero-order chi connectivity index (χ0) is 11.5. The Labute approximate surface area is 107 Å². The molecule has 16 heavy (non-hydrogen) atoms. The van der Waals surface area contributed by atoms with Crippen LogP contribution in [0.1, 0.15) is 5.56 Å². The van der Waals surface area contributed by atoms with Gasteiger partial charge in [-0.25, -0.2) is 9.97 Å². The van der Waals surface area contributed by atoms with Crippen molar-refractivity contribution in [2.75, 3.05) is 0 Å². The van der Waals surface area contributed by atoms with Gasteiger partial charge in [-0.1, -0.05) is 11.6 Å². The minimum absolute atomic E-state index is 0.314. The summed E-state index contributed by atoms with van der Waals surface area (Å²) < 4.78 is 6.33. The third-order valence-corrected chi connectivity index (χ3v) is 2.58. The van der Waals surface area contributed by atoms with Gasteiger partial charge in [0.1, 0.15) is 5.75 Å². The number of nitrogens with zero attached hydrogens (tertiary/aromatic N) is 2. The number of rotatable bonds is 2. The summed E-state index contributed by atoms with van der Waals surface area (Å²) >= 11 is 9.10. The van der Waals surface area contributed by atoms with Crippen LogP contribution < -0.4 is 4.74 Å². The van der Waals surface area contributed by atoms with E-state index in [-0.39, 0.29) is 0 Å². The summed E-state index contributed by atoms with van der Waals surface area (Å²) in [7, 11) is 0. The first-order valence-electron chi connectivity index (χ1n) is 4.57. The van der Waals surface area contributed by atoms with Crippen molar-refractivity contribution in [3.8, 4) is 11.8 Å². The normalized spacial score (nSPS) is 10.2. The van der Waals surface area contributed by atoms with Crippen LogP contribution in [0.3, 0.4) is 0 Å². The minimum atomic E-state index is 0.314. The smallest absolute Gasteiger partial charge is 0.321 e. The molecular weight excluding hydrogens is 291 g/mol. The van der Waals surface area contributed by atoms with Gasteiger partial charge in [-0.15, -0.1) is 0 Å². The molecule has 0 bridgehead atoms. The number of benzene rings is 1. The van der Waals surface area contributed by atoms with E-state index < -0.39 is 0 Å². The van der Waals surface area contributed by atoms with Gasteiger partial charge in [-0.2, -0.15) is 0 Å². The maximum absolute atomic E-state index is 5.85. The van der Waals surface area contributed by atoms with Gasteiger partial charge in [0.15, 0.2) is 0 Å². The molecule has 0 fully saturated rings. The van der Waals surface area contributed by atoms with Gasteiger partial charge in [0.2, 0.25) is 0 Å². The van der Waals surface area contributed by atoms with Crippen LogP contribution in [0.5, 0.6) is 11.8 Å². The molecule has 0 unspecified atom stereocenters. The molecule has 0 spiro atoms. The summed E-state index contributed by atoms with van der Waals surface area (Å²) in [4.78, 5) is 8.05. The monoisotopic (exact) mass is 298 g/mol. The average Bonchev–Trinajstić information content (AvgIpc) is 2.25. The van der Waals surface area contributed by atoms with Crippen LogP contribution in [-0.4, -0.2) is 9.97 Å². The SMILES string of the molecule is Cc1cc(Cl)ccc1Oc1ncc(Br)cn1. The van der Waals surface area contributed by atoms with Crippen LogP contribution in [0, 0.1) is 6.92 Å². The van der Waals surface area contributed by atoms with E-state index in [2.05, 4.69) is 25.9 Å². The molecule has 1 heterocycles. The second-order valence-electron chi connectivity index (χ2n) is 3.20. The van der Waals surface area contributed by atoms with Crippen LogP contribution in [0.4, 0.5) is 0 Å². The van der Waals surface area contributed by atoms with Crippen molar-refractivity contribution in [1.29, 1.82) is 0 Å². The summed E-state index contributed by atoms with van der Waals surface area (Å²) in [5.41, 5.74) is 0.944. The van der Waals surface area contributed by atoms with Crippen LogP contribution in [0.15, 0.2) is 35.1 Å². The first-order chi connectivity index (χ1) is 7.65. The molecule has 82 valence electrons. The highest BCUT2D eigenvalue weighted by molar-refractivity contribution is 9.10. The number of aromatic nitrogens is 2. The summed E-state index contributed by atoms with van der Waals surface area (Å²) in [6, 6.07) is 5.70. The molecular formula is C11H8BrClN2O. The van der Waals surface area contributed by atoms with Crippen molar-refractivity contribution in [2.24, 2.45) is 0 Å². The minimum Gasteiger partial charge on any atom is -0.424 e. The molecule has 1 aromatic heterocycles. The van der Waals surface area contributed by atoms with E-state index in [1.165, 1.54) is 0 Å². The van der Waals surface area contributed by atoms with Crippen molar-refractivity contribution in [3.63, 3.8) is 0 Å². The van der Waals surface area contributed by atoms with Crippen LogP contribution in [0.2, 0.25) is 5.02 Å². The van der Waals surface area contributed by atoms with E-state index in [1.807, 2.05) is 13.0 Å². The van der Waals surface area contributed by atoms with E-state index in [0.29, 0.717) is 16.8 Å². The van der Waals surface area contributed by atoms with Crippen LogP contribution in [-0.2, 0) is 0 Å². The molecule has 2 rings (SSSR count).